The Morgan fingerprint density at radius 3 is 2.30 bits per heavy atom. The van der Waals surface area contributed by atoms with E-state index >= 15 is 0 Å². The molecule has 0 heterocycles. The first-order valence-corrected chi connectivity index (χ1v) is 6.57. The van der Waals surface area contributed by atoms with Crippen molar-refractivity contribution in [3.05, 3.63) is 12.7 Å². The molecule has 0 aliphatic heterocycles. The molecule has 0 amide bonds. The molecule has 2 rings (SSSR count). The Morgan fingerprint density at radius 2 is 1.90 bits per heavy atom. The number of aliphatic hydroxyl groups is 2. The van der Waals surface area contributed by atoms with Gasteiger partial charge in [-0.25, -0.2) is 0 Å². The predicted octanol–water partition coefficient (Wildman–Crippen LogP) is 0.0267. The molecule has 0 radical (unpaired) electrons. The molecule has 0 saturated heterocycles. The van der Waals surface area contributed by atoms with Gasteiger partial charge in [-0.3, -0.25) is 9.59 Å². The second-order valence-corrected chi connectivity index (χ2v) is 5.56. The van der Waals surface area contributed by atoms with E-state index in [4.69, 9.17) is 9.47 Å². The lowest BCUT2D eigenvalue weighted by Crippen LogP contribution is -2.68. The van der Waals surface area contributed by atoms with Crippen LogP contribution < -0.4 is 0 Å². The van der Waals surface area contributed by atoms with Crippen LogP contribution in [0, 0.1) is 17.3 Å². The predicted molar refractivity (Wildman–Crippen MR) is 68.4 cm³/mol. The van der Waals surface area contributed by atoms with Crippen molar-refractivity contribution in [1.29, 1.82) is 0 Å². The number of methoxy groups -OCH3 is 2. The van der Waals surface area contributed by atoms with Crippen LogP contribution >= 0.6 is 0 Å². The van der Waals surface area contributed by atoms with Gasteiger partial charge in [-0.15, -0.1) is 6.58 Å². The molecule has 2 fully saturated rings. The molecular weight excluding hydrogens is 264 g/mol. The van der Waals surface area contributed by atoms with Crippen LogP contribution in [0.2, 0.25) is 0 Å². The fraction of sp³-hybridized carbons (Fsp3) is 0.714. The summed E-state index contributed by atoms with van der Waals surface area (Å²) in [5, 5.41) is 20.7. The molecule has 4 atom stereocenters. The van der Waals surface area contributed by atoms with Crippen LogP contribution in [-0.4, -0.2) is 48.1 Å². The smallest absolute Gasteiger partial charge is 0.320 e. The monoisotopic (exact) mass is 284 g/mol. The van der Waals surface area contributed by atoms with Gasteiger partial charge in [0.15, 0.2) is 5.92 Å². The van der Waals surface area contributed by atoms with Crippen LogP contribution in [-0.2, 0) is 19.1 Å². The minimum absolute atomic E-state index is 0.280. The van der Waals surface area contributed by atoms with E-state index in [2.05, 4.69) is 6.58 Å². The number of carbonyl (C=O) groups excluding carboxylic acids is 2. The first-order valence-electron chi connectivity index (χ1n) is 6.57. The molecule has 4 unspecified atom stereocenters. The zero-order valence-electron chi connectivity index (χ0n) is 11.7. The molecule has 2 aliphatic carbocycles. The van der Waals surface area contributed by atoms with Gasteiger partial charge in [0, 0.05) is 5.41 Å². The molecular formula is C14H20O6. The maximum atomic E-state index is 12.0. The largest absolute Gasteiger partial charge is 0.468 e. The van der Waals surface area contributed by atoms with Crippen molar-refractivity contribution in [2.45, 2.75) is 31.0 Å². The Labute approximate surface area is 117 Å². The third-order valence-corrected chi connectivity index (χ3v) is 5.04. The molecule has 0 aromatic carbocycles. The quantitative estimate of drug-likeness (QED) is 0.430. The molecule has 6 heteroatoms. The SMILES string of the molecule is C=CC1(O)CC2C(O)CCC21C(C(=O)OC)C(=O)OC. The minimum Gasteiger partial charge on any atom is -0.468 e. The molecule has 2 N–H and O–H groups in total. The van der Waals surface area contributed by atoms with E-state index in [0.717, 1.165) is 0 Å². The topological polar surface area (TPSA) is 93.1 Å². The fourth-order valence-corrected chi connectivity index (χ4v) is 4.00. The van der Waals surface area contributed by atoms with Gasteiger partial charge < -0.3 is 19.7 Å². The standard InChI is InChI=1S/C14H20O6/c1-4-13(18)7-8-9(15)5-6-14(8,13)10(11(16)19-2)12(17)20-3/h4,8-10,15,18H,1,5-7H2,2-3H3. The lowest BCUT2D eigenvalue weighted by molar-refractivity contribution is -0.224. The fourth-order valence-electron chi connectivity index (χ4n) is 4.00. The van der Waals surface area contributed by atoms with Crippen LogP contribution in [0.1, 0.15) is 19.3 Å². The van der Waals surface area contributed by atoms with Crippen LogP contribution in [0.3, 0.4) is 0 Å². The van der Waals surface area contributed by atoms with Gasteiger partial charge in [-0.2, -0.15) is 0 Å². The van der Waals surface area contributed by atoms with Crippen molar-refractivity contribution < 1.29 is 29.3 Å². The number of esters is 2. The highest BCUT2D eigenvalue weighted by Crippen LogP contribution is 2.67. The number of fused-ring (bicyclic) bond motifs is 1. The summed E-state index contributed by atoms with van der Waals surface area (Å²) in [7, 11) is 2.36. The Bertz CT molecular complexity index is 431. The third kappa shape index (κ3) is 1.64. The van der Waals surface area contributed by atoms with E-state index in [0.29, 0.717) is 12.8 Å². The van der Waals surface area contributed by atoms with E-state index in [1.807, 2.05) is 0 Å². The number of rotatable bonds is 4. The van der Waals surface area contributed by atoms with Crippen molar-refractivity contribution in [2.75, 3.05) is 14.2 Å². The first kappa shape index (κ1) is 15.0. The van der Waals surface area contributed by atoms with Gasteiger partial charge >= 0.3 is 11.9 Å². The summed E-state index contributed by atoms with van der Waals surface area (Å²) in [6.07, 6.45) is 1.75. The summed E-state index contributed by atoms with van der Waals surface area (Å²) < 4.78 is 9.40. The number of carbonyl (C=O) groups is 2. The number of hydrogen-bond acceptors (Lipinski definition) is 6. The van der Waals surface area contributed by atoms with Gasteiger partial charge in [0.05, 0.1) is 25.9 Å². The first-order chi connectivity index (χ1) is 9.37. The van der Waals surface area contributed by atoms with Crippen LogP contribution in [0.15, 0.2) is 12.7 Å². The zero-order valence-corrected chi connectivity index (χ0v) is 11.7. The molecule has 0 aromatic rings. The molecule has 2 saturated carbocycles. The van der Waals surface area contributed by atoms with E-state index in [1.54, 1.807) is 0 Å². The average Bonchev–Trinajstić information content (AvgIpc) is 2.72. The van der Waals surface area contributed by atoms with E-state index in [-0.39, 0.29) is 12.3 Å². The Kier molecular flexibility index (Phi) is 3.64. The normalized spacial score (nSPS) is 38.9. The van der Waals surface area contributed by atoms with E-state index in [1.165, 1.54) is 20.3 Å². The van der Waals surface area contributed by atoms with Gasteiger partial charge in [-0.05, 0) is 25.2 Å². The van der Waals surface area contributed by atoms with Crippen molar-refractivity contribution in [2.24, 2.45) is 17.3 Å². The summed E-state index contributed by atoms with van der Waals surface area (Å²) in [5.74, 6) is -3.10. The second-order valence-electron chi connectivity index (χ2n) is 5.56. The maximum Gasteiger partial charge on any atom is 0.320 e. The molecule has 112 valence electrons. The second kappa shape index (κ2) is 4.86. The Balaban J connectivity index is 2.50. The number of ether oxygens (including phenoxy) is 2. The average molecular weight is 284 g/mol. The van der Waals surface area contributed by atoms with Gasteiger partial charge in [0.2, 0.25) is 0 Å². The number of aliphatic hydroxyl groups excluding tert-OH is 1. The van der Waals surface area contributed by atoms with Gasteiger partial charge in [0.25, 0.3) is 0 Å². The summed E-state index contributed by atoms with van der Waals surface area (Å²) in [6.45, 7) is 3.60. The maximum absolute atomic E-state index is 12.0. The van der Waals surface area contributed by atoms with Crippen molar-refractivity contribution in [3.63, 3.8) is 0 Å². The zero-order chi connectivity index (χ0) is 15.1. The van der Waals surface area contributed by atoms with E-state index < -0.39 is 35.0 Å². The minimum atomic E-state index is -1.37. The number of hydrogen-bond donors (Lipinski definition) is 2. The highest BCUT2D eigenvalue weighted by atomic mass is 16.5. The van der Waals surface area contributed by atoms with E-state index in [9.17, 15) is 19.8 Å². The molecule has 2 aliphatic rings. The van der Waals surface area contributed by atoms with Crippen molar-refractivity contribution >= 4 is 11.9 Å². The van der Waals surface area contributed by atoms with Gasteiger partial charge in [-0.1, -0.05) is 6.08 Å². The lowest BCUT2D eigenvalue weighted by atomic mass is 9.46. The lowest BCUT2D eigenvalue weighted by Gasteiger charge is -2.59. The van der Waals surface area contributed by atoms with Crippen LogP contribution in [0.4, 0.5) is 0 Å². The molecule has 0 aromatic heterocycles. The molecule has 0 spiro atoms. The Hall–Kier alpha value is -1.40. The van der Waals surface area contributed by atoms with Crippen molar-refractivity contribution in [1.82, 2.24) is 0 Å². The Morgan fingerprint density at radius 1 is 1.35 bits per heavy atom. The molecule has 0 bridgehead atoms. The van der Waals surface area contributed by atoms with Gasteiger partial charge in [0.1, 0.15) is 0 Å². The summed E-state index contributed by atoms with van der Waals surface area (Å²) in [4.78, 5) is 24.1. The summed E-state index contributed by atoms with van der Waals surface area (Å²) >= 11 is 0. The third-order valence-electron chi connectivity index (χ3n) is 5.04. The highest BCUT2D eigenvalue weighted by molar-refractivity contribution is 5.96. The van der Waals surface area contributed by atoms with Crippen molar-refractivity contribution in [3.8, 4) is 0 Å². The molecule has 6 nitrogen and oxygen atoms in total. The highest BCUT2D eigenvalue weighted by Gasteiger charge is 2.74. The molecule has 20 heavy (non-hydrogen) atoms. The summed E-state index contributed by atoms with van der Waals surface area (Å²) in [6, 6.07) is 0. The van der Waals surface area contributed by atoms with Crippen LogP contribution in [0.5, 0.6) is 0 Å². The summed E-state index contributed by atoms with van der Waals surface area (Å²) in [5.41, 5.74) is -2.46. The van der Waals surface area contributed by atoms with Crippen LogP contribution in [0.25, 0.3) is 0 Å².